The number of aliphatic carboxylic acids is 1. The van der Waals surface area contributed by atoms with Gasteiger partial charge in [-0.05, 0) is 12.2 Å². The van der Waals surface area contributed by atoms with E-state index in [1.165, 1.54) is 12.2 Å². The highest BCUT2D eigenvalue weighted by atomic mass is 35.5. The van der Waals surface area contributed by atoms with E-state index in [1.54, 1.807) is 0 Å². The lowest BCUT2D eigenvalue weighted by Gasteiger charge is -2.13. The van der Waals surface area contributed by atoms with E-state index < -0.39 is 5.97 Å². The quantitative estimate of drug-likeness (QED) is 0.578. The number of carboxylic acid groups (broad SMARTS) is 1. The van der Waals surface area contributed by atoms with Gasteiger partial charge in [-0.2, -0.15) is 0 Å². The standard InChI is InChI=1S/C7H8ClNO2/c8-5-3-4(7(10)11)1-2-6(5)9/h1-2,5H,3,9H2,(H,10,11). The first kappa shape index (κ1) is 8.14. The molecule has 0 aromatic heterocycles. The Bertz CT molecular complexity index is 245. The van der Waals surface area contributed by atoms with Crippen LogP contribution in [0.25, 0.3) is 0 Å². The lowest BCUT2D eigenvalue weighted by Crippen LogP contribution is -2.18. The van der Waals surface area contributed by atoms with Gasteiger partial charge in [0.25, 0.3) is 0 Å². The van der Waals surface area contributed by atoms with Gasteiger partial charge in [-0.3, -0.25) is 0 Å². The van der Waals surface area contributed by atoms with Crippen molar-refractivity contribution < 1.29 is 9.90 Å². The van der Waals surface area contributed by atoms with Crippen LogP contribution in [0.4, 0.5) is 0 Å². The molecule has 0 bridgehead atoms. The van der Waals surface area contributed by atoms with Gasteiger partial charge in [0.2, 0.25) is 0 Å². The van der Waals surface area contributed by atoms with E-state index in [9.17, 15) is 4.79 Å². The Morgan fingerprint density at radius 1 is 1.73 bits per heavy atom. The van der Waals surface area contributed by atoms with Crippen LogP contribution in [0.2, 0.25) is 0 Å². The highest BCUT2D eigenvalue weighted by molar-refractivity contribution is 6.23. The number of hydrogen-bond acceptors (Lipinski definition) is 2. The third-order valence-electron chi connectivity index (χ3n) is 1.51. The topological polar surface area (TPSA) is 63.3 Å². The number of halogens is 1. The van der Waals surface area contributed by atoms with Gasteiger partial charge < -0.3 is 10.8 Å². The summed E-state index contributed by atoms with van der Waals surface area (Å²) in [5.74, 6) is -0.931. The monoisotopic (exact) mass is 173 g/mol. The van der Waals surface area contributed by atoms with E-state index in [0.717, 1.165) is 0 Å². The first-order valence-electron chi connectivity index (χ1n) is 3.15. The van der Waals surface area contributed by atoms with Crippen molar-refractivity contribution in [2.75, 3.05) is 0 Å². The smallest absolute Gasteiger partial charge is 0.331 e. The number of allylic oxidation sites excluding steroid dienone is 3. The second kappa shape index (κ2) is 2.96. The molecule has 0 fully saturated rings. The summed E-state index contributed by atoms with van der Waals surface area (Å²) in [7, 11) is 0. The zero-order valence-electron chi connectivity index (χ0n) is 5.75. The number of carbonyl (C=O) groups is 1. The summed E-state index contributed by atoms with van der Waals surface area (Å²) in [5, 5.41) is 8.18. The van der Waals surface area contributed by atoms with E-state index in [-0.39, 0.29) is 5.38 Å². The number of nitrogens with two attached hydrogens (primary N) is 1. The van der Waals surface area contributed by atoms with E-state index in [0.29, 0.717) is 17.7 Å². The van der Waals surface area contributed by atoms with Crippen molar-refractivity contribution >= 4 is 17.6 Å². The second-order valence-corrected chi connectivity index (χ2v) is 2.86. The molecule has 11 heavy (non-hydrogen) atoms. The Morgan fingerprint density at radius 3 is 2.82 bits per heavy atom. The van der Waals surface area contributed by atoms with Crippen molar-refractivity contribution in [3.63, 3.8) is 0 Å². The van der Waals surface area contributed by atoms with Crippen molar-refractivity contribution in [3.8, 4) is 0 Å². The number of carboxylic acids is 1. The highest BCUT2D eigenvalue weighted by Gasteiger charge is 2.18. The maximum atomic E-state index is 10.4. The van der Waals surface area contributed by atoms with E-state index in [4.69, 9.17) is 22.4 Å². The molecule has 0 aromatic carbocycles. The SMILES string of the molecule is NC1=CC=C(C(=O)O)CC1Cl. The first-order chi connectivity index (χ1) is 5.11. The Labute approximate surface area is 69.1 Å². The molecular formula is C7H8ClNO2. The highest BCUT2D eigenvalue weighted by Crippen LogP contribution is 2.20. The van der Waals surface area contributed by atoms with Crippen molar-refractivity contribution in [1.29, 1.82) is 0 Å². The van der Waals surface area contributed by atoms with Crippen molar-refractivity contribution in [2.24, 2.45) is 5.73 Å². The minimum absolute atomic E-state index is 0.305. The fourth-order valence-corrected chi connectivity index (χ4v) is 1.08. The molecule has 1 aliphatic carbocycles. The van der Waals surface area contributed by atoms with Crippen LogP contribution in [0.3, 0.4) is 0 Å². The molecule has 1 atom stereocenters. The fourth-order valence-electron chi connectivity index (χ4n) is 0.839. The molecular weight excluding hydrogens is 166 g/mol. The molecule has 0 spiro atoms. The third kappa shape index (κ3) is 1.74. The van der Waals surface area contributed by atoms with Gasteiger partial charge in [0.05, 0.1) is 5.38 Å². The lowest BCUT2D eigenvalue weighted by molar-refractivity contribution is -0.132. The summed E-state index contributed by atoms with van der Waals surface area (Å²) in [6.07, 6.45) is 3.32. The average Bonchev–Trinajstić information content (AvgIpc) is 1.94. The minimum Gasteiger partial charge on any atom is -0.478 e. The van der Waals surface area contributed by atoms with Gasteiger partial charge in [0.1, 0.15) is 0 Å². The normalized spacial score (nSPS) is 23.9. The molecule has 60 valence electrons. The Balaban J connectivity index is 2.82. The summed E-state index contributed by atoms with van der Waals surface area (Å²) in [5.41, 5.74) is 6.26. The molecule has 1 rings (SSSR count). The molecule has 0 aliphatic heterocycles. The molecule has 0 saturated heterocycles. The Hall–Kier alpha value is -0.960. The van der Waals surface area contributed by atoms with Gasteiger partial charge in [0.15, 0.2) is 0 Å². The molecule has 0 saturated carbocycles. The van der Waals surface area contributed by atoms with E-state index in [2.05, 4.69) is 0 Å². The molecule has 3 N–H and O–H groups in total. The van der Waals surface area contributed by atoms with Gasteiger partial charge in [-0.1, -0.05) is 0 Å². The van der Waals surface area contributed by atoms with Gasteiger partial charge in [0, 0.05) is 17.7 Å². The largest absolute Gasteiger partial charge is 0.478 e. The predicted molar refractivity (Wildman–Crippen MR) is 42.2 cm³/mol. The predicted octanol–water partition coefficient (Wildman–Crippen LogP) is 0.851. The number of alkyl halides is 1. The number of hydrogen-bond donors (Lipinski definition) is 2. The average molecular weight is 174 g/mol. The van der Waals surface area contributed by atoms with Crippen LogP contribution in [0.5, 0.6) is 0 Å². The van der Waals surface area contributed by atoms with Crippen LogP contribution in [-0.4, -0.2) is 16.5 Å². The minimum atomic E-state index is -0.931. The van der Waals surface area contributed by atoms with Gasteiger partial charge >= 0.3 is 5.97 Å². The molecule has 0 radical (unpaired) electrons. The third-order valence-corrected chi connectivity index (χ3v) is 1.92. The van der Waals surface area contributed by atoms with Gasteiger partial charge in [-0.25, -0.2) is 4.79 Å². The maximum Gasteiger partial charge on any atom is 0.331 e. The summed E-state index contributed by atoms with van der Waals surface area (Å²) in [6, 6.07) is 0. The first-order valence-corrected chi connectivity index (χ1v) is 3.58. The molecule has 3 nitrogen and oxygen atoms in total. The van der Waals surface area contributed by atoms with Crippen LogP contribution in [0.1, 0.15) is 6.42 Å². The van der Waals surface area contributed by atoms with Crippen molar-refractivity contribution in [3.05, 3.63) is 23.4 Å². The molecule has 0 aromatic rings. The molecule has 1 unspecified atom stereocenters. The van der Waals surface area contributed by atoms with Crippen molar-refractivity contribution in [1.82, 2.24) is 0 Å². The van der Waals surface area contributed by atoms with Crippen LogP contribution in [0, 0.1) is 0 Å². The number of rotatable bonds is 1. The van der Waals surface area contributed by atoms with Crippen LogP contribution < -0.4 is 5.73 Å². The second-order valence-electron chi connectivity index (χ2n) is 2.34. The Morgan fingerprint density at radius 2 is 2.36 bits per heavy atom. The summed E-state index contributed by atoms with van der Waals surface area (Å²) in [4.78, 5) is 10.4. The zero-order chi connectivity index (χ0) is 8.43. The molecule has 4 heteroatoms. The lowest BCUT2D eigenvalue weighted by atomic mass is 10.0. The fraction of sp³-hybridized carbons (Fsp3) is 0.286. The molecule has 0 amide bonds. The summed E-state index contributed by atoms with van der Waals surface area (Å²) in [6.45, 7) is 0. The van der Waals surface area contributed by atoms with Crippen LogP contribution >= 0.6 is 11.6 Å². The Kier molecular flexibility index (Phi) is 2.19. The summed E-state index contributed by atoms with van der Waals surface area (Å²) >= 11 is 5.71. The van der Waals surface area contributed by atoms with Crippen LogP contribution in [0.15, 0.2) is 23.4 Å². The maximum absolute atomic E-state index is 10.4. The molecule has 0 heterocycles. The van der Waals surface area contributed by atoms with Crippen molar-refractivity contribution in [2.45, 2.75) is 11.8 Å². The van der Waals surface area contributed by atoms with Gasteiger partial charge in [-0.15, -0.1) is 11.6 Å². The zero-order valence-corrected chi connectivity index (χ0v) is 6.51. The van der Waals surface area contributed by atoms with E-state index in [1.807, 2.05) is 0 Å². The summed E-state index contributed by atoms with van der Waals surface area (Å²) < 4.78 is 0. The van der Waals surface area contributed by atoms with Crippen LogP contribution in [-0.2, 0) is 4.79 Å². The van der Waals surface area contributed by atoms with E-state index >= 15 is 0 Å². The molecule has 1 aliphatic rings.